The molecule has 116 valence electrons. The van der Waals surface area contributed by atoms with Crippen LogP contribution >= 0.6 is 11.3 Å². The summed E-state index contributed by atoms with van der Waals surface area (Å²) in [5.74, 6) is 0.353. The van der Waals surface area contributed by atoms with Crippen molar-refractivity contribution >= 4 is 16.5 Å². The van der Waals surface area contributed by atoms with Crippen LogP contribution in [0.5, 0.6) is 0 Å². The lowest BCUT2D eigenvalue weighted by Gasteiger charge is -2.18. The van der Waals surface area contributed by atoms with Crippen LogP contribution in [0.1, 0.15) is 35.2 Å². The summed E-state index contributed by atoms with van der Waals surface area (Å²) in [4.78, 5) is 7.87. The fraction of sp³-hybridized carbons (Fsp3) is 0.471. The number of aliphatic hydroxyl groups excluding tert-OH is 1. The number of thiazole rings is 1. The van der Waals surface area contributed by atoms with E-state index in [1.54, 1.807) is 16.6 Å². The summed E-state index contributed by atoms with van der Waals surface area (Å²) < 4.78 is 8.32. The van der Waals surface area contributed by atoms with Gasteiger partial charge in [0.1, 0.15) is 1.41 Å². The Morgan fingerprint density at radius 1 is 1.32 bits per heavy atom. The zero-order valence-electron chi connectivity index (χ0n) is 13.4. The second kappa shape index (κ2) is 5.99. The van der Waals surface area contributed by atoms with Gasteiger partial charge >= 0.3 is 0 Å². The molecule has 2 aliphatic rings. The molecule has 5 heteroatoms. The quantitative estimate of drug-likeness (QED) is 0.913. The molecule has 1 aromatic heterocycles. The summed E-state index contributed by atoms with van der Waals surface area (Å²) in [6.45, 7) is 2.33. The Labute approximate surface area is 136 Å². The minimum absolute atomic E-state index is 0.0798. The Morgan fingerprint density at radius 2 is 2.18 bits per heavy atom. The molecule has 2 aliphatic heterocycles. The standard InChI is InChI=1S/C17H21N3OS/c21-13-7-9-20(11-13)17-19-10-15(22-17)16-14(6-8-18-16)12-4-2-1-3-5-12/h1-5,10,13-14,16,18,21H,6-9,11H2/t13-,14?,16?/m0/s1/i/hD. The van der Waals surface area contributed by atoms with E-state index in [0.717, 1.165) is 35.9 Å². The van der Waals surface area contributed by atoms with Crippen LogP contribution in [0.15, 0.2) is 36.5 Å². The third kappa shape index (κ3) is 2.64. The van der Waals surface area contributed by atoms with Gasteiger partial charge in [0, 0.05) is 30.1 Å². The molecular weight excluding hydrogens is 294 g/mol. The minimum atomic E-state index is -0.237. The number of nitrogens with one attached hydrogen (secondary N) is 1. The number of benzene rings is 1. The Balaban J connectivity index is 1.59. The van der Waals surface area contributed by atoms with Gasteiger partial charge in [0.2, 0.25) is 0 Å². The van der Waals surface area contributed by atoms with E-state index < -0.39 is 0 Å². The highest BCUT2D eigenvalue weighted by Gasteiger charge is 2.32. The lowest BCUT2D eigenvalue weighted by Crippen LogP contribution is -2.20. The van der Waals surface area contributed by atoms with E-state index in [0.29, 0.717) is 12.5 Å². The maximum Gasteiger partial charge on any atom is 0.185 e. The van der Waals surface area contributed by atoms with Crippen molar-refractivity contribution in [2.24, 2.45) is 0 Å². The van der Waals surface area contributed by atoms with Gasteiger partial charge in [-0.1, -0.05) is 30.3 Å². The van der Waals surface area contributed by atoms with E-state index in [2.05, 4.69) is 34.1 Å². The molecule has 2 aromatic rings. The molecule has 2 N–H and O–H groups in total. The molecule has 3 atom stereocenters. The van der Waals surface area contributed by atoms with Gasteiger partial charge in [-0.25, -0.2) is 4.98 Å². The van der Waals surface area contributed by atoms with E-state index in [4.69, 9.17) is 1.41 Å². The molecule has 0 saturated carbocycles. The summed E-state index contributed by atoms with van der Waals surface area (Å²) in [6, 6.07) is 10.6. The Bertz CT molecular complexity index is 665. The maximum atomic E-state index is 9.71. The number of rotatable bonds is 3. The van der Waals surface area contributed by atoms with E-state index in [9.17, 15) is 5.11 Å². The van der Waals surface area contributed by atoms with Gasteiger partial charge in [-0.2, -0.15) is 0 Å². The summed E-state index contributed by atoms with van der Waals surface area (Å²) in [5.41, 5.74) is 1.30. The van der Waals surface area contributed by atoms with Gasteiger partial charge in [-0.15, -0.1) is 11.3 Å². The van der Waals surface area contributed by atoms with E-state index in [1.807, 2.05) is 12.3 Å². The molecule has 2 fully saturated rings. The van der Waals surface area contributed by atoms with E-state index >= 15 is 0 Å². The van der Waals surface area contributed by atoms with Crippen molar-refractivity contribution in [2.75, 3.05) is 24.5 Å². The predicted octanol–water partition coefficient (Wildman–Crippen LogP) is 2.53. The van der Waals surface area contributed by atoms with Gasteiger partial charge in [0.15, 0.2) is 5.13 Å². The van der Waals surface area contributed by atoms with Gasteiger partial charge in [0.25, 0.3) is 0 Å². The number of β-amino-alcohol motifs (C(OH)–C–C–N with tert-alkyl or cyclic N) is 1. The lowest BCUT2D eigenvalue weighted by atomic mass is 9.91. The number of aromatic nitrogens is 1. The van der Waals surface area contributed by atoms with Crippen molar-refractivity contribution in [3.63, 3.8) is 0 Å². The summed E-state index contributed by atoms with van der Waals surface area (Å²) >= 11 is 1.67. The normalized spacial score (nSPS) is 30.0. The van der Waals surface area contributed by atoms with Crippen molar-refractivity contribution in [1.82, 2.24) is 10.3 Å². The monoisotopic (exact) mass is 316 g/mol. The van der Waals surface area contributed by atoms with Crippen molar-refractivity contribution in [3.05, 3.63) is 47.0 Å². The minimum Gasteiger partial charge on any atom is -0.391 e. The van der Waals surface area contributed by atoms with Gasteiger partial charge in [0.05, 0.1) is 12.1 Å². The Hall–Kier alpha value is -1.43. The zero-order chi connectivity index (χ0) is 15.8. The number of nitrogens with zero attached hydrogens (tertiary/aromatic N) is 2. The third-order valence-corrected chi connectivity index (χ3v) is 5.74. The van der Waals surface area contributed by atoms with Crippen molar-refractivity contribution < 1.29 is 6.52 Å². The SMILES string of the molecule is [2H]N1CCC(c2ccccc2)C1c1cnc(N2CC[C@H](O)C2)s1. The zero-order valence-corrected chi connectivity index (χ0v) is 13.2. The van der Waals surface area contributed by atoms with Gasteiger partial charge in [-0.3, -0.25) is 0 Å². The molecule has 2 unspecified atom stereocenters. The highest BCUT2D eigenvalue weighted by molar-refractivity contribution is 7.15. The van der Waals surface area contributed by atoms with Crippen LogP contribution in [0.2, 0.25) is 1.41 Å². The predicted molar refractivity (Wildman–Crippen MR) is 89.5 cm³/mol. The Morgan fingerprint density at radius 3 is 2.95 bits per heavy atom. The molecule has 4 rings (SSSR count). The molecule has 0 bridgehead atoms. The fourth-order valence-electron chi connectivity index (χ4n) is 3.45. The maximum absolute atomic E-state index is 9.71. The smallest absolute Gasteiger partial charge is 0.185 e. The number of anilines is 1. The first kappa shape index (κ1) is 13.0. The van der Waals surface area contributed by atoms with Crippen molar-refractivity contribution in [3.8, 4) is 0 Å². The van der Waals surface area contributed by atoms with Gasteiger partial charge < -0.3 is 15.3 Å². The first-order chi connectivity index (χ1) is 11.2. The molecule has 2 saturated heterocycles. The summed E-state index contributed by atoms with van der Waals surface area (Å²) in [6.07, 6.45) is 3.51. The highest BCUT2D eigenvalue weighted by Crippen LogP contribution is 2.41. The van der Waals surface area contributed by atoms with E-state index in [1.165, 1.54) is 5.56 Å². The van der Waals surface area contributed by atoms with Crippen LogP contribution in [-0.4, -0.2) is 35.8 Å². The first-order valence-corrected chi connectivity index (χ1v) is 8.73. The van der Waals surface area contributed by atoms with Crippen LogP contribution in [0.3, 0.4) is 0 Å². The first-order valence-electron chi connectivity index (χ1n) is 8.36. The molecule has 0 aliphatic carbocycles. The number of hydrogen-bond donors (Lipinski definition) is 2. The molecule has 0 spiro atoms. The average molecular weight is 316 g/mol. The molecule has 4 nitrogen and oxygen atoms in total. The summed E-state index contributed by atoms with van der Waals surface area (Å²) in [7, 11) is 0. The molecule has 1 aromatic carbocycles. The fourth-order valence-corrected chi connectivity index (χ4v) is 4.53. The van der Waals surface area contributed by atoms with Crippen LogP contribution < -0.4 is 10.2 Å². The highest BCUT2D eigenvalue weighted by atomic mass is 32.1. The second-order valence-corrected chi connectivity index (χ2v) is 7.13. The molecule has 0 amide bonds. The second-order valence-electron chi connectivity index (χ2n) is 6.09. The van der Waals surface area contributed by atoms with Crippen molar-refractivity contribution in [2.45, 2.75) is 30.9 Å². The molecular formula is C17H21N3OS. The molecule has 22 heavy (non-hydrogen) atoms. The lowest BCUT2D eigenvalue weighted by molar-refractivity contribution is 0.198. The third-order valence-electron chi connectivity index (χ3n) is 4.61. The van der Waals surface area contributed by atoms with Crippen LogP contribution in [0.25, 0.3) is 0 Å². The largest absolute Gasteiger partial charge is 0.391 e. The van der Waals surface area contributed by atoms with Crippen LogP contribution in [0.4, 0.5) is 5.13 Å². The van der Waals surface area contributed by atoms with Crippen molar-refractivity contribution in [1.29, 1.82) is 0 Å². The van der Waals surface area contributed by atoms with Crippen LogP contribution in [-0.2, 0) is 0 Å². The molecule has 3 heterocycles. The van der Waals surface area contributed by atoms with Crippen LogP contribution in [0, 0.1) is 0 Å². The molecule has 0 radical (unpaired) electrons. The summed E-state index contributed by atoms with van der Waals surface area (Å²) in [5, 5.41) is 12.4. The van der Waals surface area contributed by atoms with Gasteiger partial charge in [-0.05, 0) is 24.9 Å². The Kier molecular flexibility index (Phi) is 3.55. The van der Waals surface area contributed by atoms with E-state index in [-0.39, 0.29) is 12.1 Å². The topological polar surface area (TPSA) is 48.4 Å². The number of aliphatic hydroxyl groups is 1. The average Bonchev–Trinajstić information content (AvgIpc) is 3.27. The number of hydrogen-bond acceptors (Lipinski definition) is 5.